The number of fused-ring (bicyclic) bond motifs is 1. The number of aromatic amines is 2. The summed E-state index contributed by atoms with van der Waals surface area (Å²) in [6, 6.07) is 5.80. The Labute approximate surface area is 202 Å². The van der Waals surface area contributed by atoms with Crippen LogP contribution in [0.4, 0.5) is 0 Å². The molecule has 1 aliphatic heterocycles. The summed E-state index contributed by atoms with van der Waals surface area (Å²) in [5.74, 6) is -0.392. The molecule has 11 nitrogen and oxygen atoms in total. The first-order valence-electron chi connectivity index (χ1n) is 11.5. The number of rotatable bonds is 6. The van der Waals surface area contributed by atoms with Crippen molar-refractivity contribution < 1.29 is 14.6 Å². The molecule has 12 heteroatoms. The van der Waals surface area contributed by atoms with Crippen molar-refractivity contribution in [1.29, 1.82) is 0 Å². The van der Waals surface area contributed by atoms with Crippen LogP contribution in [-0.2, 0) is 4.74 Å². The van der Waals surface area contributed by atoms with Gasteiger partial charge in [0, 0.05) is 24.4 Å². The molecule has 0 unspecified atom stereocenters. The summed E-state index contributed by atoms with van der Waals surface area (Å²) in [6.45, 7) is 1.25. The van der Waals surface area contributed by atoms with Crippen LogP contribution < -0.4 is 21.7 Å². The molecule has 180 valence electrons. The highest BCUT2D eigenvalue weighted by Gasteiger charge is 2.21. The van der Waals surface area contributed by atoms with Crippen molar-refractivity contribution in [3.8, 4) is 16.5 Å². The van der Waals surface area contributed by atoms with Crippen molar-refractivity contribution >= 4 is 29.0 Å². The molecular formula is C23H23N7O4S. The molecule has 6 rings (SSSR count). The fourth-order valence-corrected chi connectivity index (χ4v) is 4.90. The number of carbonyl (C=O) groups is 1. The number of ether oxygens (including phenoxy) is 1. The Hall–Kier alpha value is -3.77. The van der Waals surface area contributed by atoms with Crippen molar-refractivity contribution in [3.63, 3.8) is 0 Å². The van der Waals surface area contributed by atoms with Crippen LogP contribution in [0, 0.1) is 0 Å². The average Bonchev–Trinajstić information content (AvgIpc) is 3.28. The molecule has 0 aromatic carbocycles. The lowest BCUT2D eigenvalue weighted by molar-refractivity contribution is 0.0861. The van der Waals surface area contributed by atoms with Gasteiger partial charge >= 0.3 is 5.69 Å². The Morgan fingerprint density at radius 3 is 2.97 bits per heavy atom. The second-order valence-corrected chi connectivity index (χ2v) is 9.77. The first kappa shape index (κ1) is 21.7. The summed E-state index contributed by atoms with van der Waals surface area (Å²) in [6.07, 6.45) is 7.36. The molecule has 0 radical (unpaired) electrons. The number of nitrogens with one attached hydrogen (secondary N) is 3. The predicted molar refractivity (Wildman–Crippen MR) is 128 cm³/mol. The smallest absolute Gasteiger partial charge is 0.326 e. The van der Waals surface area contributed by atoms with E-state index in [4.69, 9.17) is 14.7 Å². The van der Waals surface area contributed by atoms with Crippen molar-refractivity contribution in [3.05, 3.63) is 56.2 Å². The summed E-state index contributed by atoms with van der Waals surface area (Å²) in [5.41, 5.74) is 1.59. The van der Waals surface area contributed by atoms with Gasteiger partial charge in [0.25, 0.3) is 5.91 Å². The Bertz CT molecular complexity index is 1590. The normalized spacial score (nSPS) is 19.1. The molecule has 4 aromatic rings. The van der Waals surface area contributed by atoms with E-state index < -0.39 is 5.69 Å². The molecule has 1 amide bonds. The van der Waals surface area contributed by atoms with Gasteiger partial charge < -0.3 is 20.1 Å². The Morgan fingerprint density at radius 1 is 1.34 bits per heavy atom. The maximum atomic E-state index is 12.7. The Kier molecular flexibility index (Phi) is 5.46. The quantitative estimate of drug-likeness (QED) is 0.311. The number of aromatic hydroxyl groups is 1. The van der Waals surface area contributed by atoms with E-state index in [1.165, 1.54) is 11.3 Å². The van der Waals surface area contributed by atoms with Crippen LogP contribution in [0.15, 0.2) is 34.2 Å². The molecule has 5 heterocycles. The molecule has 4 aromatic heterocycles. The summed E-state index contributed by atoms with van der Waals surface area (Å²) in [4.78, 5) is 40.0. The molecule has 0 spiro atoms. The Balaban J connectivity index is 1.38. The molecule has 1 saturated carbocycles. The number of hydrogen-bond donors (Lipinski definition) is 4. The molecular weight excluding hydrogens is 470 g/mol. The van der Waals surface area contributed by atoms with E-state index in [1.54, 1.807) is 22.9 Å². The highest BCUT2D eigenvalue weighted by Crippen LogP contribution is 2.27. The van der Waals surface area contributed by atoms with Crippen LogP contribution in [0.2, 0.25) is 0 Å². The third-order valence-electron chi connectivity index (χ3n) is 5.97. The fourth-order valence-electron chi connectivity index (χ4n) is 4.02. The largest absolute Gasteiger partial charge is 0.493 e. The predicted octanol–water partition coefficient (Wildman–Crippen LogP) is 0.699. The van der Waals surface area contributed by atoms with Crippen LogP contribution in [0.5, 0.6) is 5.88 Å². The maximum absolute atomic E-state index is 12.7. The van der Waals surface area contributed by atoms with Crippen LogP contribution >= 0.6 is 11.3 Å². The van der Waals surface area contributed by atoms with Crippen molar-refractivity contribution in [1.82, 2.24) is 29.9 Å². The van der Waals surface area contributed by atoms with Crippen molar-refractivity contribution in [2.24, 2.45) is 4.99 Å². The minimum absolute atomic E-state index is 0.0833. The minimum atomic E-state index is -0.507. The van der Waals surface area contributed by atoms with Gasteiger partial charge in [0.1, 0.15) is 5.69 Å². The van der Waals surface area contributed by atoms with E-state index in [0.29, 0.717) is 33.5 Å². The number of hydrogen-bond acceptors (Lipinski definition) is 8. The number of thiophene rings is 1. The molecule has 35 heavy (non-hydrogen) atoms. The van der Waals surface area contributed by atoms with Gasteiger partial charge in [-0.25, -0.2) is 9.78 Å². The number of imidazole rings is 1. The second kappa shape index (κ2) is 8.78. The lowest BCUT2D eigenvalue weighted by atomic mass is 10.2. The van der Waals surface area contributed by atoms with Crippen LogP contribution in [0.25, 0.3) is 22.3 Å². The SMILES string of the molecule is O=C(NC[C@H]1CCCO1)c1ccc(-c2cc(=NC3CC3)n3nc/c(=C/c4[nH]c(=O)[nH]c4O)c3n2)s1. The van der Waals surface area contributed by atoms with E-state index in [9.17, 15) is 14.7 Å². The number of amides is 1. The van der Waals surface area contributed by atoms with Gasteiger partial charge in [0.05, 0.1) is 33.8 Å². The molecule has 2 aliphatic rings. The van der Waals surface area contributed by atoms with Crippen LogP contribution in [-0.4, -0.2) is 60.9 Å². The summed E-state index contributed by atoms with van der Waals surface area (Å²) in [7, 11) is 0. The third-order valence-corrected chi connectivity index (χ3v) is 7.08. The number of H-pyrrole nitrogens is 2. The molecule has 4 N–H and O–H groups in total. The highest BCUT2D eigenvalue weighted by atomic mass is 32.1. The highest BCUT2D eigenvalue weighted by molar-refractivity contribution is 7.17. The zero-order valence-electron chi connectivity index (χ0n) is 18.7. The van der Waals surface area contributed by atoms with E-state index >= 15 is 0 Å². The Morgan fingerprint density at radius 2 is 2.23 bits per heavy atom. The topological polar surface area (TPSA) is 150 Å². The van der Waals surface area contributed by atoms with Crippen molar-refractivity contribution in [2.75, 3.05) is 13.2 Å². The van der Waals surface area contributed by atoms with E-state index in [1.807, 2.05) is 12.1 Å². The number of nitrogens with zero attached hydrogens (tertiary/aromatic N) is 4. The zero-order valence-corrected chi connectivity index (χ0v) is 19.5. The molecule has 0 bridgehead atoms. The van der Waals surface area contributed by atoms with Gasteiger partial charge in [-0.3, -0.25) is 14.8 Å². The molecule has 1 aliphatic carbocycles. The van der Waals surface area contributed by atoms with Gasteiger partial charge in [0.15, 0.2) is 11.1 Å². The monoisotopic (exact) mass is 493 g/mol. The van der Waals surface area contributed by atoms with Gasteiger partial charge in [-0.05, 0) is 43.9 Å². The molecule has 1 saturated heterocycles. The van der Waals surface area contributed by atoms with Gasteiger partial charge in [-0.15, -0.1) is 11.3 Å². The van der Waals surface area contributed by atoms with Crippen LogP contribution in [0.1, 0.15) is 41.0 Å². The van der Waals surface area contributed by atoms with E-state index in [0.717, 1.165) is 37.2 Å². The third kappa shape index (κ3) is 4.49. The van der Waals surface area contributed by atoms with Gasteiger partial charge in [0.2, 0.25) is 5.88 Å². The second-order valence-electron chi connectivity index (χ2n) is 8.69. The maximum Gasteiger partial charge on any atom is 0.326 e. The minimum Gasteiger partial charge on any atom is -0.493 e. The van der Waals surface area contributed by atoms with E-state index in [-0.39, 0.29) is 29.6 Å². The lowest BCUT2D eigenvalue weighted by Gasteiger charge is -2.09. The van der Waals surface area contributed by atoms with Crippen molar-refractivity contribution in [2.45, 2.75) is 37.8 Å². The van der Waals surface area contributed by atoms with E-state index in [2.05, 4.69) is 20.4 Å². The zero-order chi connectivity index (χ0) is 23.9. The standard InChI is InChI=1S/C23H23N7O4S/c31-21-16(28-23(33)29-21)8-12-10-25-30-19(26-13-3-4-13)9-15(27-20(12)30)17-5-6-18(35-17)22(32)24-11-14-2-1-7-34-14/h5-6,8-10,13-14,31H,1-4,7,11H2,(H,24,32)(H2,28,29,33)/b12-8-,26-19?/t14-/m1/s1. The number of aromatic nitrogens is 5. The van der Waals surface area contributed by atoms with Crippen LogP contribution in [0.3, 0.4) is 0 Å². The summed E-state index contributed by atoms with van der Waals surface area (Å²) in [5, 5.41) is 18.0. The average molecular weight is 494 g/mol. The molecule has 2 fully saturated rings. The summed E-state index contributed by atoms with van der Waals surface area (Å²) < 4.78 is 7.23. The summed E-state index contributed by atoms with van der Waals surface area (Å²) >= 11 is 1.36. The molecule has 1 atom stereocenters. The fraction of sp³-hybridized carbons (Fsp3) is 0.348. The first-order valence-corrected chi connectivity index (χ1v) is 12.3. The van der Waals surface area contributed by atoms with Gasteiger partial charge in [-0.2, -0.15) is 9.61 Å². The number of carbonyl (C=O) groups excluding carboxylic acids is 1. The first-order chi connectivity index (χ1) is 17.0. The van der Waals surface area contributed by atoms with Gasteiger partial charge in [-0.1, -0.05) is 0 Å². The lowest BCUT2D eigenvalue weighted by Crippen LogP contribution is -2.31.